The Morgan fingerprint density at radius 1 is 0.812 bits per heavy atom. The van der Waals surface area contributed by atoms with Gasteiger partial charge < -0.3 is 24.8 Å². The summed E-state index contributed by atoms with van der Waals surface area (Å²) in [7, 11) is -0.0206. The molecule has 1 aliphatic carbocycles. The zero-order valence-electron chi connectivity index (χ0n) is 19.1. The van der Waals surface area contributed by atoms with Crippen molar-refractivity contribution in [2.24, 2.45) is 0 Å². The predicted molar refractivity (Wildman–Crippen MR) is 130 cm³/mol. The molecule has 0 bridgehead atoms. The zero-order valence-corrected chi connectivity index (χ0v) is 25.1. The second-order valence-corrected chi connectivity index (χ2v) is 11.7. The molecule has 4 aromatic rings. The van der Waals surface area contributed by atoms with E-state index in [2.05, 4.69) is 107 Å². The number of rotatable bonds is 3. The second kappa shape index (κ2) is 13.1. The molecule has 0 aliphatic heterocycles. The Labute approximate surface area is 225 Å². The molecule has 0 saturated heterocycles. The average molecular weight is 646 g/mol. The first-order chi connectivity index (χ1) is 14.0. The van der Waals surface area contributed by atoms with E-state index in [9.17, 15) is 0 Å². The van der Waals surface area contributed by atoms with Crippen LogP contribution in [0.25, 0.3) is 21.9 Å². The maximum absolute atomic E-state index is 3.30. The smallest absolute Gasteiger partial charge is 1.00 e. The largest absolute Gasteiger partial charge is 4.00 e. The third-order valence-electron chi connectivity index (χ3n) is 5.63. The van der Waals surface area contributed by atoms with Gasteiger partial charge in [0.2, 0.25) is 0 Å². The van der Waals surface area contributed by atoms with Crippen LogP contribution < -0.4 is 30.1 Å². The Hall–Kier alpha value is -0.850. The van der Waals surface area contributed by atoms with Crippen LogP contribution in [-0.2, 0) is 32.3 Å². The van der Waals surface area contributed by atoms with E-state index >= 15 is 0 Å². The Balaban J connectivity index is 0.000000296. The first-order valence-electron chi connectivity index (χ1n) is 10.6. The average Bonchev–Trinajstić information content (AvgIpc) is 3.29. The zero-order chi connectivity index (χ0) is 20.4. The minimum atomic E-state index is -0.0206. The summed E-state index contributed by atoms with van der Waals surface area (Å²) in [5.41, 5.74) is 7.05. The van der Waals surface area contributed by atoms with Crippen molar-refractivity contribution in [3.63, 3.8) is 0 Å². The summed E-state index contributed by atoms with van der Waals surface area (Å²) in [4.78, 5) is 0. The van der Waals surface area contributed by atoms with Gasteiger partial charge in [0, 0.05) is 0 Å². The standard InChI is InChI=1S/C15H20P.C13H9.2ClH.Hf/c1-11(2)16(12(3)4)15-9-13-7-5-6-8-14(13)10-15;1-3-7-12-10(5-1)9-11-6-2-4-8-13(11)12;;;/h5-12H,1-4H3;1-5,7-8H,9H2;2*1H;/q2*-1;;;+4/p-2. The van der Waals surface area contributed by atoms with Crippen molar-refractivity contribution in [1.82, 2.24) is 0 Å². The van der Waals surface area contributed by atoms with Gasteiger partial charge in [-0.1, -0.05) is 77.1 Å². The minimum Gasteiger partial charge on any atom is -1.00 e. The third-order valence-corrected chi connectivity index (χ3v) is 8.71. The van der Waals surface area contributed by atoms with Gasteiger partial charge in [-0.25, -0.2) is 0 Å². The van der Waals surface area contributed by atoms with Crippen molar-refractivity contribution >= 4 is 24.0 Å². The van der Waals surface area contributed by atoms with Crippen molar-refractivity contribution in [3.8, 4) is 11.1 Å². The molecule has 4 aromatic carbocycles. The Bertz CT molecular complexity index is 1030. The molecule has 0 radical (unpaired) electrons. The van der Waals surface area contributed by atoms with Crippen molar-refractivity contribution in [2.45, 2.75) is 45.4 Å². The summed E-state index contributed by atoms with van der Waals surface area (Å²) >= 11 is 0. The van der Waals surface area contributed by atoms with Crippen molar-refractivity contribution in [3.05, 3.63) is 96.1 Å². The molecule has 32 heavy (non-hydrogen) atoms. The van der Waals surface area contributed by atoms with Crippen LogP contribution in [0.15, 0.2) is 78.9 Å². The summed E-state index contributed by atoms with van der Waals surface area (Å²) in [5, 5.41) is 4.36. The number of fused-ring (bicyclic) bond motifs is 4. The fourth-order valence-corrected chi connectivity index (χ4v) is 7.43. The van der Waals surface area contributed by atoms with Crippen LogP contribution in [0.2, 0.25) is 0 Å². The summed E-state index contributed by atoms with van der Waals surface area (Å²) in [5.74, 6) is 0. The van der Waals surface area contributed by atoms with Crippen molar-refractivity contribution < 1.29 is 50.7 Å². The molecule has 0 spiro atoms. The fraction of sp³-hybridized carbons (Fsp3) is 0.250. The van der Waals surface area contributed by atoms with E-state index in [4.69, 9.17) is 0 Å². The van der Waals surface area contributed by atoms with Crippen LogP contribution in [0.4, 0.5) is 0 Å². The minimum absolute atomic E-state index is 0. The topological polar surface area (TPSA) is 0 Å². The molecule has 0 aromatic heterocycles. The maximum atomic E-state index is 3.30. The molecule has 0 unspecified atom stereocenters. The predicted octanol–water partition coefficient (Wildman–Crippen LogP) is 1.55. The van der Waals surface area contributed by atoms with E-state index in [1.807, 2.05) is 6.07 Å². The maximum Gasteiger partial charge on any atom is 4.00 e. The van der Waals surface area contributed by atoms with E-state index < -0.39 is 0 Å². The Morgan fingerprint density at radius 2 is 1.44 bits per heavy atom. The first-order valence-corrected chi connectivity index (χ1v) is 12.0. The van der Waals surface area contributed by atoms with Gasteiger partial charge in [-0.05, 0) is 17.7 Å². The van der Waals surface area contributed by atoms with Crippen molar-refractivity contribution in [1.29, 1.82) is 0 Å². The molecule has 0 fully saturated rings. The van der Waals surface area contributed by atoms with Crippen LogP contribution >= 0.6 is 7.92 Å². The Morgan fingerprint density at radius 3 is 2.12 bits per heavy atom. The monoisotopic (exact) mass is 646 g/mol. The summed E-state index contributed by atoms with van der Waals surface area (Å²) in [6.45, 7) is 9.40. The molecule has 4 heteroatoms. The van der Waals surface area contributed by atoms with Crippen LogP contribution in [0.1, 0.15) is 38.8 Å². The number of halogens is 2. The van der Waals surface area contributed by atoms with Gasteiger partial charge in [-0.3, -0.25) is 0 Å². The summed E-state index contributed by atoms with van der Waals surface area (Å²) in [6, 6.07) is 31.6. The molecule has 0 nitrogen and oxygen atoms in total. The number of hydrogen-bond donors (Lipinski definition) is 0. The van der Waals surface area contributed by atoms with Crippen LogP contribution in [0.5, 0.6) is 0 Å². The van der Waals surface area contributed by atoms with Gasteiger partial charge in [-0.2, -0.15) is 35.9 Å². The second-order valence-electron chi connectivity index (χ2n) is 8.33. The molecule has 1 aliphatic rings. The van der Waals surface area contributed by atoms with E-state index in [-0.39, 0.29) is 58.6 Å². The van der Waals surface area contributed by atoms with Crippen LogP contribution in [-0.4, -0.2) is 11.3 Å². The molecule has 0 amide bonds. The van der Waals surface area contributed by atoms with Gasteiger partial charge in [0.1, 0.15) is 0 Å². The molecular weight excluding hydrogens is 617 g/mol. The van der Waals surface area contributed by atoms with Gasteiger partial charge in [0.15, 0.2) is 0 Å². The van der Waals surface area contributed by atoms with Crippen molar-refractivity contribution in [2.75, 3.05) is 0 Å². The molecule has 5 rings (SSSR count). The Kier molecular flexibility index (Phi) is 12.0. The van der Waals surface area contributed by atoms with Crippen LogP contribution in [0.3, 0.4) is 0 Å². The number of hydrogen-bond acceptors (Lipinski definition) is 0. The molecule has 0 N–H and O–H groups in total. The van der Waals surface area contributed by atoms with E-state index in [0.717, 1.165) is 17.7 Å². The summed E-state index contributed by atoms with van der Waals surface area (Å²) in [6.07, 6.45) is 1.05. The van der Waals surface area contributed by atoms with E-state index in [0.29, 0.717) is 0 Å². The van der Waals surface area contributed by atoms with E-state index in [1.165, 1.54) is 33.0 Å². The first kappa shape index (κ1) is 29.2. The molecule has 164 valence electrons. The molecule has 0 atom stereocenters. The van der Waals surface area contributed by atoms with E-state index in [1.54, 1.807) is 5.30 Å². The SMILES string of the molecule is CC(C)P(c1cc2ccccc2[cH-]1)C(C)C.[Cl-].[Cl-].[Hf+4].[c-]1cccc2c1Cc1ccccc1-2. The normalized spacial score (nSPS) is 11.1. The molecule has 0 heterocycles. The van der Waals surface area contributed by atoms with Crippen LogP contribution in [0, 0.1) is 6.07 Å². The molecular formula is C28H29Cl2HfP. The summed E-state index contributed by atoms with van der Waals surface area (Å²) < 4.78 is 0. The number of benzene rings is 3. The van der Waals surface area contributed by atoms with Gasteiger partial charge in [0.25, 0.3) is 0 Å². The van der Waals surface area contributed by atoms with Gasteiger partial charge in [-0.15, -0.1) is 45.9 Å². The van der Waals surface area contributed by atoms with Gasteiger partial charge in [0.05, 0.1) is 0 Å². The van der Waals surface area contributed by atoms with Gasteiger partial charge >= 0.3 is 25.8 Å². The third kappa shape index (κ3) is 6.38. The quantitative estimate of drug-likeness (QED) is 0.159. The molecule has 0 saturated carbocycles. The fourth-order valence-electron chi connectivity index (χ4n) is 4.47.